The van der Waals surface area contributed by atoms with Crippen molar-refractivity contribution in [2.24, 2.45) is 17.8 Å². The lowest BCUT2D eigenvalue weighted by Crippen LogP contribution is -2.56. The maximum absolute atomic E-state index is 15.2. The molecule has 0 spiro atoms. The van der Waals surface area contributed by atoms with Gasteiger partial charge in [0.1, 0.15) is 29.3 Å². The molecule has 0 unspecified atom stereocenters. The van der Waals surface area contributed by atoms with Crippen LogP contribution in [0.25, 0.3) is 0 Å². The molecule has 0 radical (unpaired) electrons. The van der Waals surface area contributed by atoms with Crippen LogP contribution >= 0.6 is 23.2 Å². The molecule has 0 aromatic heterocycles. The molecule has 5 nitrogen and oxygen atoms in total. The summed E-state index contributed by atoms with van der Waals surface area (Å²) in [5, 5.41) is 0.201. The zero-order chi connectivity index (χ0) is 24.4. The van der Waals surface area contributed by atoms with E-state index in [0.29, 0.717) is 37.1 Å². The van der Waals surface area contributed by atoms with Crippen LogP contribution in [0.1, 0.15) is 76.1 Å². The minimum atomic E-state index is -0.725. The first-order valence-corrected chi connectivity index (χ1v) is 13.1. The average Bonchev–Trinajstić information content (AvgIpc) is 3.20. The van der Waals surface area contributed by atoms with Crippen molar-refractivity contribution in [3.63, 3.8) is 0 Å². The van der Waals surface area contributed by atoms with E-state index in [9.17, 15) is 9.59 Å². The fraction of sp³-hybridized carbons (Fsp3) is 0.692. The van der Waals surface area contributed by atoms with Crippen molar-refractivity contribution in [3.8, 4) is 5.75 Å². The van der Waals surface area contributed by atoms with E-state index in [1.54, 1.807) is 20.8 Å². The van der Waals surface area contributed by atoms with Crippen LogP contribution in [0.2, 0.25) is 5.02 Å². The number of hydrogen-bond donors (Lipinski definition) is 0. The van der Waals surface area contributed by atoms with Gasteiger partial charge in [0.2, 0.25) is 0 Å². The Morgan fingerprint density at radius 1 is 1.15 bits per heavy atom. The summed E-state index contributed by atoms with van der Waals surface area (Å²) in [7, 11) is 0. The maximum Gasteiger partial charge on any atom is 0.329 e. The van der Waals surface area contributed by atoms with Gasteiger partial charge in [-0.15, -0.1) is 11.6 Å². The van der Waals surface area contributed by atoms with Crippen LogP contribution < -0.4 is 4.74 Å². The van der Waals surface area contributed by atoms with Gasteiger partial charge in [-0.25, -0.2) is 9.18 Å². The summed E-state index contributed by atoms with van der Waals surface area (Å²) in [6, 6.07) is 1.82. The van der Waals surface area contributed by atoms with Gasteiger partial charge >= 0.3 is 5.97 Å². The van der Waals surface area contributed by atoms with Crippen LogP contribution in [0.5, 0.6) is 5.75 Å². The summed E-state index contributed by atoms with van der Waals surface area (Å²) < 4.78 is 26.9. The standard InChI is InChI=1S/C26H32Cl2FNO4/c1-25(2,3)34-24(32)20-5-4-6-30(20)23(31)17-9-18(27)21(10-19(17)29)33-22-15-7-14-8-16(22)13-26(28,11-14)12-15/h9-10,14-16,20,22H,4-8,11-13H2,1-3H3/t14?,15-,16-,20-,22?,26?/m0/s1. The molecule has 6 rings (SSSR count). The summed E-state index contributed by atoms with van der Waals surface area (Å²) in [4.78, 5) is 27.1. The first-order chi connectivity index (χ1) is 15.9. The normalized spacial score (nSPS) is 34.4. The molecule has 8 heteroatoms. The van der Waals surface area contributed by atoms with Gasteiger partial charge in [0.25, 0.3) is 5.91 Å². The fourth-order valence-corrected chi connectivity index (χ4v) is 7.60. The van der Waals surface area contributed by atoms with Gasteiger partial charge in [-0.3, -0.25) is 4.79 Å². The Kier molecular flexibility index (Phi) is 6.08. The molecule has 1 saturated heterocycles. The number of carbonyl (C=O) groups excluding carboxylic acids is 2. The second-order valence-corrected chi connectivity index (χ2v) is 12.9. The molecule has 1 aliphatic heterocycles. The molecular formula is C26H32Cl2FNO4. The Morgan fingerprint density at radius 3 is 2.44 bits per heavy atom. The molecule has 0 N–H and O–H groups in total. The van der Waals surface area contributed by atoms with Gasteiger partial charge in [0.05, 0.1) is 10.6 Å². The highest BCUT2D eigenvalue weighted by Crippen LogP contribution is 2.59. The van der Waals surface area contributed by atoms with Gasteiger partial charge in [-0.05, 0) is 89.5 Å². The van der Waals surface area contributed by atoms with Crippen molar-refractivity contribution in [1.29, 1.82) is 0 Å². The third kappa shape index (κ3) is 4.53. The zero-order valence-electron chi connectivity index (χ0n) is 19.9. The molecule has 4 aliphatic carbocycles. The molecule has 4 saturated carbocycles. The van der Waals surface area contributed by atoms with Crippen molar-refractivity contribution >= 4 is 35.1 Å². The number of alkyl halides is 1. The summed E-state index contributed by atoms with van der Waals surface area (Å²) in [5.41, 5.74) is -0.819. The smallest absolute Gasteiger partial charge is 0.329 e. The van der Waals surface area contributed by atoms with E-state index >= 15 is 4.39 Å². The lowest BCUT2D eigenvalue weighted by Gasteiger charge is -2.57. The molecule has 4 bridgehead atoms. The highest BCUT2D eigenvalue weighted by Gasteiger charge is 2.55. The van der Waals surface area contributed by atoms with Crippen molar-refractivity contribution in [2.75, 3.05) is 6.54 Å². The Balaban J connectivity index is 1.32. The quantitative estimate of drug-likeness (QED) is 0.368. The topological polar surface area (TPSA) is 55.8 Å². The highest BCUT2D eigenvalue weighted by atomic mass is 35.5. The van der Waals surface area contributed by atoms with E-state index in [0.717, 1.165) is 32.1 Å². The van der Waals surface area contributed by atoms with Gasteiger partial charge in [-0.1, -0.05) is 11.6 Å². The molecule has 1 heterocycles. The first-order valence-electron chi connectivity index (χ1n) is 12.3. The highest BCUT2D eigenvalue weighted by molar-refractivity contribution is 6.32. The van der Waals surface area contributed by atoms with E-state index in [1.165, 1.54) is 17.0 Å². The molecule has 34 heavy (non-hydrogen) atoms. The van der Waals surface area contributed by atoms with Crippen molar-refractivity contribution in [2.45, 2.75) is 88.3 Å². The Morgan fingerprint density at radius 2 is 1.82 bits per heavy atom. The minimum Gasteiger partial charge on any atom is -0.488 e. The van der Waals surface area contributed by atoms with E-state index in [4.69, 9.17) is 32.7 Å². The molecule has 186 valence electrons. The van der Waals surface area contributed by atoms with Crippen LogP contribution in [0.15, 0.2) is 12.1 Å². The van der Waals surface area contributed by atoms with E-state index in [2.05, 4.69) is 0 Å². The molecular weight excluding hydrogens is 480 g/mol. The predicted octanol–water partition coefficient (Wildman–Crippen LogP) is 5.99. The lowest BCUT2D eigenvalue weighted by atomic mass is 9.54. The van der Waals surface area contributed by atoms with Crippen molar-refractivity contribution in [1.82, 2.24) is 4.90 Å². The number of esters is 1. The number of benzene rings is 1. The molecule has 5 aliphatic rings. The number of likely N-dealkylation sites (tertiary alicyclic amines) is 1. The molecule has 1 amide bonds. The fourth-order valence-electron chi connectivity index (χ4n) is 6.78. The number of rotatable bonds is 4. The Bertz CT molecular complexity index is 993. The van der Waals surface area contributed by atoms with Crippen molar-refractivity contribution in [3.05, 3.63) is 28.5 Å². The number of amides is 1. The largest absolute Gasteiger partial charge is 0.488 e. The van der Waals surface area contributed by atoms with Crippen LogP contribution in [0, 0.1) is 23.6 Å². The van der Waals surface area contributed by atoms with E-state index in [1.807, 2.05) is 0 Å². The monoisotopic (exact) mass is 511 g/mol. The number of carbonyl (C=O) groups is 2. The Labute approximate surface area is 210 Å². The van der Waals surface area contributed by atoms with Crippen LogP contribution in [0.3, 0.4) is 0 Å². The molecule has 3 atom stereocenters. The van der Waals surface area contributed by atoms with Gasteiger partial charge in [0, 0.05) is 17.5 Å². The summed E-state index contributed by atoms with van der Waals surface area (Å²) in [6.45, 7) is 5.70. The summed E-state index contributed by atoms with van der Waals surface area (Å²) in [6.07, 6.45) is 6.22. The average molecular weight is 512 g/mol. The first kappa shape index (κ1) is 24.2. The Hall–Kier alpha value is -1.53. The minimum absolute atomic E-state index is 0.0305. The number of nitrogens with zero attached hydrogens (tertiary/aromatic N) is 1. The van der Waals surface area contributed by atoms with Crippen LogP contribution in [0.4, 0.5) is 4.39 Å². The van der Waals surface area contributed by atoms with Gasteiger partial charge in [0.15, 0.2) is 0 Å². The number of hydrogen-bond acceptors (Lipinski definition) is 4. The molecule has 5 fully saturated rings. The van der Waals surface area contributed by atoms with Gasteiger partial charge in [-0.2, -0.15) is 0 Å². The maximum atomic E-state index is 15.2. The van der Waals surface area contributed by atoms with Gasteiger partial charge < -0.3 is 14.4 Å². The van der Waals surface area contributed by atoms with E-state index < -0.39 is 29.3 Å². The second kappa shape index (κ2) is 8.55. The summed E-state index contributed by atoms with van der Waals surface area (Å²) in [5.74, 6) is -0.104. The predicted molar refractivity (Wildman–Crippen MR) is 128 cm³/mol. The summed E-state index contributed by atoms with van der Waals surface area (Å²) >= 11 is 13.3. The van der Waals surface area contributed by atoms with E-state index in [-0.39, 0.29) is 27.3 Å². The SMILES string of the molecule is CC(C)(C)OC(=O)[C@@H]1CCCN1C(=O)c1cc(Cl)c(OC2[C@H]3CC4C[C@H]2CC(Cl)(C4)C3)cc1F. The zero-order valence-corrected chi connectivity index (χ0v) is 21.4. The third-order valence-electron chi connectivity index (χ3n) is 7.82. The molecule has 1 aromatic carbocycles. The van der Waals surface area contributed by atoms with Crippen LogP contribution in [-0.2, 0) is 9.53 Å². The number of ether oxygens (including phenoxy) is 2. The lowest BCUT2D eigenvalue weighted by molar-refractivity contribution is -0.159. The number of halogens is 3. The molecule has 1 aromatic rings. The van der Waals surface area contributed by atoms with Crippen LogP contribution in [-0.4, -0.2) is 45.9 Å². The third-order valence-corrected chi connectivity index (χ3v) is 8.58. The second-order valence-electron chi connectivity index (χ2n) is 11.7. The van der Waals surface area contributed by atoms with Crippen molar-refractivity contribution < 1.29 is 23.5 Å².